The Morgan fingerprint density at radius 3 is 2.43 bits per heavy atom. The van der Waals surface area contributed by atoms with Gasteiger partial charge in [0.1, 0.15) is 0 Å². The molecule has 0 radical (unpaired) electrons. The number of hydrogen-bond acceptors (Lipinski definition) is 1. The molecule has 1 unspecified atom stereocenters. The number of nitrogens with zero attached hydrogens (tertiary/aromatic N) is 1. The zero-order chi connectivity index (χ0) is 22.1. The van der Waals surface area contributed by atoms with Crippen LogP contribution in [0.5, 0.6) is 0 Å². The SMILES string of the molecule is C=C.C=C/C(C)=C\C(=C(/CCl)CN(C)CC)C(C)C1=CC(C)=CC=CC1.CC. The van der Waals surface area contributed by atoms with Crippen molar-refractivity contribution in [1.29, 1.82) is 0 Å². The number of allylic oxidation sites excluding steroid dienone is 10. The smallest absolute Gasteiger partial charge is 0.0452 e. The van der Waals surface area contributed by atoms with Gasteiger partial charge in [0.25, 0.3) is 0 Å². The first-order valence-corrected chi connectivity index (χ1v) is 10.8. The lowest BCUT2D eigenvalue weighted by Crippen LogP contribution is -2.23. The highest BCUT2D eigenvalue weighted by atomic mass is 35.5. The van der Waals surface area contributed by atoms with Crippen LogP contribution >= 0.6 is 11.6 Å². The molecule has 0 saturated carbocycles. The van der Waals surface area contributed by atoms with Crippen molar-refractivity contribution in [2.24, 2.45) is 5.92 Å². The molecule has 0 bridgehead atoms. The molecule has 158 valence electrons. The first-order chi connectivity index (χ1) is 13.4. The van der Waals surface area contributed by atoms with E-state index in [-0.39, 0.29) is 0 Å². The van der Waals surface area contributed by atoms with E-state index in [4.69, 9.17) is 11.6 Å². The fraction of sp³-hybridized carbons (Fsp3) is 0.462. The highest BCUT2D eigenvalue weighted by molar-refractivity contribution is 6.19. The Kier molecular flexibility index (Phi) is 17.9. The summed E-state index contributed by atoms with van der Waals surface area (Å²) < 4.78 is 0. The van der Waals surface area contributed by atoms with Crippen LogP contribution in [0, 0.1) is 5.92 Å². The maximum Gasteiger partial charge on any atom is 0.0452 e. The lowest BCUT2D eigenvalue weighted by atomic mass is 9.85. The second kappa shape index (κ2) is 17.5. The van der Waals surface area contributed by atoms with Crippen LogP contribution in [0.15, 0.2) is 84.1 Å². The molecule has 1 aliphatic rings. The molecule has 0 N–H and O–H groups in total. The Hall–Kier alpha value is -1.57. The largest absolute Gasteiger partial charge is 0.303 e. The van der Waals surface area contributed by atoms with Crippen molar-refractivity contribution in [2.75, 3.05) is 26.0 Å². The second-order valence-corrected chi connectivity index (χ2v) is 6.87. The molecule has 0 spiro atoms. The van der Waals surface area contributed by atoms with E-state index in [1.165, 1.54) is 27.9 Å². The van der Waals surface area contributed by atoms with Gasteiger partial charge < -0.3 is 4.90 Å². The summed E-state index contributed by atoms with van der Waals surface area (Å²) in [7, 11) is 2.14. The van der Waals surface area contributed by atoms with Crippen LogP contribution in [-0.4, -0.2) is 30.9 Å². The minimum atomic E-state index is 0.338. The topological polar surface area (TPSA) is 3.24 Å². The average Bonchev–Trinajstić information content (AvgIpc) is 2.96. The Labute approximate surface area is 180 Å². The Bertz CT molecular complexity index is 602. The Balaban J connectivity index is 0. The van der Waals surface area contributed by atoms with E-state index < -0.39 is 0 Å². The highest BCUT2D eigenvalue weighted by Gasteiger charge is 2.17. The van der Waals surface area contributed by atoms with Gasteiger partial charge in [-0.3, -0.25) is 0 Å². The van der Waals surface area contributed by atoms with Crippen LogP contribution in [0.3, 0.4) is 0 Å². The number of halogens is 1. The molecule has 1 nitrogen and oxygen atoms in total. The van der Waals surface area contributed by atoms with Gasteiger partial charge in [0.2, 0.25) is 0 Å². The van der Waals surface area contributed by atoms with Crippen molar-refractivity contribution in [2.45, 2.75) is 48.0 Å². The molecule has 1 atom stereocenters. The molecule has 0 aromatic carbocycles. The molecular formula is C26H42ClN. The summed E-state index contributed by atoms with van der Waals surface area (Å²) in [4.78, 5) is 2.30. The average molecular weight is 404 g/mol. The molecule has 2 heteroatoms. The zero-order valence-electron chi connectivity index (χ0n) is 19.3. The van der Waals surface area contributed by atoms with E-state index in [1.807, 2.05) is 19.9 Å². The van der Waals surface area contributed by atoms with Crippen molar-refractivity contribution < 1.29 is 0 Å². The van der Waals surface area contributed by atoms with Gasteiger partial charge >= 0.3 is 0 Å². The van der Waals surface area contributed by atoms with E-state index in [0.29, 0.717) is 11.8 Å². The van der Waals surface area contributed by atoms with E-state index in [2.05, 4.69) is 89.8 Å². The van der Waals surface area contributed by atoms with Crippen molar-refractivity contribution >= 4 is 11.6 Å². The molecule has 0 heterocycles. The molecule has 0 aromatic rings. The number of rotatable bonds is 8. The molecule has 0 fully saturated rings. The molecule has 0 amide bonds. The van der Waals surface area contributed by atoms with E-state index in [0.717, 1.165) is 19.5 Å². The lowest BCUT2D eigenvalue weighted by Gasteiger charge is -2.24. The molecule has 28 heavy (non-hydrogen) atoms. The third kappa shape index (κ3) is 10.7. The van der Waals surface area contributed by atoms with Crippen LogP contribution < -0.4 is 0 Å². The summed E-state index contributed by atoms with van der Waals surface area (Å²) in [5, 5.41) is 0. The van der Waals surface area contributed by atoms with Crippen molar-refractivity contribution in [1.82, 2.24) is 4.90 Å². The Morgan fingerprint density at radius 2 is 1.93 bits per heavy atom. The predicted molar refractivity (Wildman–Crippen MR) is 132 cm³/mol. The van der Waals surface area contributed by atoms with Gasteiger partial charge in [-0.2, -0.15) is 0 Å². The molecule has 0 aliphatic heterocycles. The maximum atomic E-state index is 6.35. The van der Waals surface area contributed by atoms with Crippen molar-refractivity contribution in [3.8, 4) is 0 Å². The summed E-state index contributed by atoms with van der Waals surface area (Å²) in [6.45, 7) is 24.5. The van der Waals surface area contributed by atoms with Gasteiger partial charge in [-0.25, -0.2) is 0 Å². The van der Waals surface area contributed by atoms with Crippen LogP contribution in [0.25, 0.3) is 0 Å². The summed E-state index contributed by atoms with van der Waals surface area (Å²) in [5.74, 6) is 0.896. The number of likely N-dealkylation sites (N-methyl/N-ethyl adjacent to an activating group) is 1. The van der Waals surface area contributed by atoms with Gasteiger partial charge in [0, 0.05) is 18.3 Å². The minimum absolute atomic E-state index is 0.338. The van der Waals surface area contributed by atoms with E-state index in [9.17, 15) is 0 Å². The third-order valence-electron chi connectivity index (χ3n) is 4.56. The maximum absolute atomic E-state index is 6.35. The predicted octanol–water partition coefficient (Wildman–Crippen LogP) is 7.90. The molecule has 1 aliphatic carbocycles. The van der Waals surface area contributed by atoms with Gasteiger partial charge in [-0.05, 0) is 45.0 Å². The molecule has 1 rings (SSSR count). The molecule has 0 aromatic heterocycles. The van der Waals surface area contributed by atoms with Crippen molar-refractivity contribution in [3.63, 3.8) is 0 Å². The summed E-state index contributed by atoms with van der Waals surface area (Å²) in [6.07, 6.45) is 14.0. The monoisotopic (exact) mass is 403 g/mol. The fourth-order valence-electron chi connectivity index (χ4n) is 2.81. The first-order valence-electron chi connectivity index (χ1n) is 10.2. The first kappa shape index (κ1) is 28.6. The fourth-order valence-corrected chi connectivity index (χ4v) is 3.05. The van der Waals surface area contributed by atoms with Gasteiger partial charge in [-0.15, -0.1) is 24.8 Å². The van der Waals surface area contributed by atoms with E-state index >= 15 is 0 Å². The molecular weight excluding hydrogens is 362 g/mol. The number of alkyl halides is 1. The summed E-state index contributed by atoms with van der Waals surface area (Å²) in [5.41, 5.74) is 6.54. The highest BCUT2D eigenvalue weighted by Crippen LogP contribution is 2.30. The quantitative estimate of drug-likeness (QED) is 0.226. The minimum Gasteiger partial charge on any atom is -0.303 e. The standard InChI is InChI=1S/C22H32ClN.C2H6.C2H4/c1-7-17(3)14-22(21(15-23)16-24(6)8-2)19(5)20-12-10-9-11-18(4)13-20;2*1-2/h7,9-11,13-14,19H,1,8,12,15-16H2,2-6H3;1-2H3;1-2H2/b17-14-,22-21-;;. The summed E-state index contributed by atoms with van der Waals surface area (Å²) in [6, 6.07) is 0. The second-order valence-electron chi connectivity index (χ2n) is 6.60. The van der Waals surface area contributed by atoms with Crippen LogP contribution in [0.1, 0.15) is 48.0 Å². The third-order valence-corrected chi connectivity index (χ3v) is 4.88. The lowest BCUT2D eigenvalue weighted by molar-refractivity contribution is 0.382. The number of hydrogen-bond donors (Lipinski definition) is 0. The van der Waals surface area contributed by atoms with E-state index in [1.54, 1.807) is 0 Å². The Morgan fingerprint density at radius 1 is 1.32 bits per heavy atom. The van der Waals surface area contributed by atoms with Gasteiger partial charge in [-0.1, -0.05) is 87.4 Å². The van der Waals surface area contributed by atoms with Gasteiger partial charge in [0.05, 0.1) is 0 Å². The van der Waals surface area contributed by atoms with Crippen molar-refractivity contribution in [3.05, 3.63) is 84.1 Å². The van der Waals surface area contributed by atoms with Crippen LogP contribution in [0.2, 0.25) is 0 Å². The van der Waals surface area contributed by atoms with Crippen LogP contribution in [-0.2, 0) is 0 Å². The molecule has 0 saturated heterocycles. The normalized spacial score (nSPS) is 15.7. The van der Waals surface area contributed by atoms with Crippen LogP contribution in [0.4, 0.5) is 0 Å². The van der Waals surface area contributed by atoms with Gasteiger partial charge in [0.15, 0.2) is 0 Å². The summed E-state index contributed by atoms with van der Waals surface area (Å²) >= 11 is 6.35. The zero-order valence-corrected chi connectivity index (χ0v) is 20.1.